The molecule has 0 radical (unpaired) electrons. The summed E-state index contributed by atoms with van der Waals surface area (Å²) in [5, 5.41) is 3.48. The van der Waals surface area contributed by atoms with Crippen molar-refractivity contribution in [3.05, 3.63) is 28.8 Å². The molecule has 1 heterocycles. The van der Waals surface area contributed by atoms with E-state index in [1.165, 1.54) is 11.8 Å². The summed E-state index contributed by atoms with van der Waals surface area (Å²) in [7, 11) is -2.88. The van der Waals surface area contributed by atoms with E-state index in [4.69, 9.17) is 11.6 Å². The van der Waals surface area contributed by atoms with Gasteiger partial charge in [-0.2, -0.15) is 0 Å². The molecule has 1 aliphatic rings. The standard InChI is InChI=1S/C13H16ClNO3S2/c1-9-6-10(14)2-3-12(9)15-13(16)7-19-11-4-5-20(17,18)8-11/h2-3,6,11H,4-5,7-8H2,1H3,(H,15,16)/t11-/m1/s1. The summed E-state index contributed by atoms with van der Waals surface area (Å²) >= 11 is 7.26. The van der Waals surface area contributed by atoms with Crippen LogP contribution in [0.3, 0.4) is 0 Å². The number of aryl methyl sites for hydroxylation is 1. The van der Waals surface area contributed by atoms with E-state index in [0.29, 0.717) is 11.4 Å². The lowest BCUT2D eigenvalue weighted by atomic mass is 10.2. The summed E-state index contributed by atoms with van der Waals surface area (Å²) < 4.78 is 22.7. The summed E-state index contributed by atoms with van der Waals surface area (Å²) in [4.78, 5) is 11.9. The number of hydrogen-bond acceptors (Lipinski definition) is 4. The Morgan fingerprint density at radius 1 is 1.50 bits per heavy atom. The van der Waals surface area contributed by atoms with Crippen molar-refractivity contribution < 1.29 is 13.2 Å². The van der Waals surface area contributed by atoms with Crippen LogP contribution in [0.2, 0.25) is 5.02 Å². The zero-order valence-corrected chi connectivity index (χ0v) is 13.4. The van der Waals surface area contributed by atoms with Crippen LogP contribution in [-0.4, -0.2) is 36.8 Å². The molecular formula is C13H16ClNO3S2. The van der Waals surface area contributed by atoms with Crippen molar-refractivity contribution in [3.63, 3.8) is 0 Å². The highest BCUT2D eigenvalue weighted by Gasteiger charge is 2.28. The molecule has 110 valence electrons. The summed E-state index contributed by atoms with van der Waals surface area (Å²) in [6.45, 7) is 1.87. The maximum absolute atomic E-state index is 11.9. The number of thioether (sulfide) groups is 1. The first-order valence-corrected chi connectivity index (χ1v) is 9.48. The number of halogens is 1. The third kappa shape index (κ3) is 4.40. The Morgan fingerprint density at radius 2 is 2.25 bits per heavy atom. The first-order chi connectivity index (χ1) is 9.35. The van der Waals surface area contributed by atoms with Crippen LogP contribution in [0.4, 0.5) is 5.69 Å². The smallest absolute Gasteiger partial charge is 0.234 e. The number of amides is 1. The van der Waals surface area contributed by atoms with Gasteiger partial charge in [-0.3, -0.25) is 4.79 Å². The van der Waals surface area contributed by atoms with Gasteiger partial charge in [-0.1, -0.05) is 11.6 Å². The molecule has 1 atom stereocenters. The summed E-state index contributed by atoms with van der Waals surface area (Å²) in [5.74, 6) is 0.570. The maximum atomic E-state index is 11.9. The molecule has 0 bridgehead atoms. The van der Waals surface area contributed by atoms with E-state index in [1.54, 1.807) is 18.2 Å². The Balaban J connectivity index is 1.84. The van der Waals surface area contributed by atoms with Crippen LogP contribution in [0.5, 0.6) is 0 Å². The molecule has 0 aromatic heterocycles. The van der Waals surface area contributed by atoms with Gasteiger partial charge in [0.15, 0.2) is 9.84 Å². The average Bonchev–Trinajstić information content (AvgIpc) is 2.70. The van der Waals surface area contributed by atoms with Gasteiger partial charge in [0.1, 0.15) is 0 Å². The van der Waals surface area contributed by atoms with Crippen LogP contribution in [0.15, 0.2) is 18.2 Å². The fourth-order valence-electron chi connectivity index (χ4n) is 2.04. The van der Waals surface area contributed by atoms with Crippen molar-refractivity contribution in [3.8, 4) is 0 Å². The highest BCUT2D eigenvalue weighted by atomic mass is 35.5. The van der Waals surface area contributed by atoms with E-state index in [9.17, 15) is 13.2 Å². The van der Waals surface area contributed by atoms with Crippen molar-refractivity contribution in [1.29, 1.82) is 0 Å². The van der Waals surface area contributed by atoms with Crippen LogP contribution in [-0.2, 0) is 14.6 Å². The monoisotopic (exact) mass is 333 g/mol. The molecule has 1 fully saturated rings. The molecule has 0 spiro atoms. The average molecular weight is 334 g/mol. The number of nitrogens with one attached hydrogen (secondary N) is 1. The second kappa shape index (κ2) is 6.37. The fourth-order valence-corrected chi connectivity index (χ4v) is 5.71. The van der Waals surface area contributed by atoms with Crippen molar-refractivity contribution in [2.45, 2.75) is 18.6 Å². The van der Waals surface area contributed by atoms with Crippen molar-refractivity contribution in [2.75, 3.05) is 22.6 Å². The van der Waals surface area contributed by atoms with E-state index in [1.807, 2.05) is 6.92 Å². The Kier molecular flexibility index (Phi) is 4.99. The minimum atomic E-state index is -2.88. The normalized spacial score (nSPS) is 20.8. The van der Waals surface area contributed by atoms with Crippen LogP contribution >= 0.6 is 23.4 Å². The predicted molar refractivity (Wildman–Crippen MR) is 84.3 cm³/mol. The number of hydrogen-bond donors (Lipinski definition) is 1. The van der Waals surface area contributed by atoms with Crippen LogP contribution in [0.25, 0.3) is 0 Å². The molecule has 1 aromatic carbocycles. The minimum absolute atomic E-state index is 0.0389. The zero-order chi connectivity index (χ0) is 14.8. The molecule has 0 aliphatic carbocycles. The third-order valence-electron chi connectivity index (χ3n) is 3.10. The van der Waals surface area contributed by atoms with Crippen molar-refractivity contribution >= 4 is 44.8 Å². The second-order valence-electron chi connectivity index (χ2n) is 4.84. The lowest BCUT2D eigenvalue weighted by Gasteiger charge is -2.10. The first kappa shape index (κ1) is 15.7. The van der Waals surface area contributed by atoms with E-state index in [-0.39, 0.29) is 28.4 Å². The third-order valence-corrected chi connectivity index (χ3v) is 6.62. The molecular weight excluding hydrogens is 318 g/mol. The molecule has 1 amide bonds. The first-order valence-electron chi connectivity index (χ1n) is 6.24. The van der Waals surface area contributed by atoms with Gasteiger partial charge in [-0.25, -0.2) is 8.42 Å². The lowest BCUT2D eigenvalue weighted by Crippen LogP contribution is -2.17. The van der Waals surface area contributed by atoms with Gasteiger partial charge < -0.3 is 5.32 Å². The van der Waals surface area contributed by atoms with Gasteiger partial charge in [-0.15, -0.1) is 11.8 Å². The molecule has 1 aliphatic heterocycles. The highest BCUT2D eigenvalue weighted by molar-refractivity contribution is 8.02. The Morgan fingerprint density at radius 3 is 2.85 bits per heavy atom. The summed E-state index contributed by atoms with van der Waals surface area (Å²) in [6, 6.07) is 5.27. The second-order valence-corrected chi connectivity index (χ2v) is 8.80. The maximum Gasteiger partial charge on any atom is 0.234 e. The number of carbonyl (C=O) groups excluding carboxylic acids is 1. The van der Waals surface area contributed by atoms with Crippen molar-refractivity contribution in [2.24, 2.45) is 0 Å². The SMILES string of the molecule is Cc1cc(Cl)ccc1NC(=O)CS[C@@H]1CCS(=O)(=O)C1. The summed E-state index contributed by atoms with van der Waals surface area (Å²) in [6.07, 6.45) is 0.639. The Bertz CT molecular complexity index is 616. The molecule has 0 saturated carbocycles. The Labute approximate surface area is 128 Å². The number of benzene rings is 1. The zero-order valence-electron chi connectivity index (χ0n) is 11.1. The minimum Gasteiger partial charge on any atom is -0.325 e. The van der Waals surface area contributed by atoms with Gasteiger partial charge in [0, 0.05) is 16.0 Å². The van der Waals surface area contributed by atoms with Gasteiger partial charge in [-0.05, 0) is 37.1 Å². The van der Waals surface area contributed by atoms with E-state index in [2.05, 4.69) is 5.32 Å². The summed E-state index contributed by atoms with van der Waals surface area (Å²) in [5.41, 5.74) is 1.64. The number of anilines is 1. The van der Waals surface area contributed by atoms with Crippen molar-refractivity contribution in [1.82, 2.24) is 0 Å². The predicted octanol–water partition coefficient (Wildman–Crippen LogP) is 2.51. The molecule has 1 aromatic rings. The van der Waals surface area contributed by atoms with E-state index in [0.717, 1.165) is 11.3 Å². The molecule has 7 heteroatoms. The largest absolute Gasteiger partial charge is 0.325 e. The molecule has 0 unspecified atom stereocenters. The van der Waals surface area contributed by atoms with Crippen LogP contribution in [0.1, 0.15) is 12.0 Å². The van der Waals surface area contributed by atoms with Gasteiger partial charge in [0.2, 0.25) is 5.91 Å². The fraction of sp³-hybridized carbons (Fsp3) is 0.462. The van der Waals surface area contributed by atoms with E-state index >= 15 is 0 Å². The number of carbonyl (C=O) groups is 1. The van der Waals surface area contributed by atoms with Crippen LogP contribution < -0.4 is 5.32 Å². The van der Waals surface area contributed by atoms with Crippen LogP contribution in [0, 0.1) is 6.92 Å². The molecule has 2 rings (SSSR count). The van der Waals surface area contributed by atoms with Gasteiger partial charge in [0.25, 0.3) is 0 Å². The number of rotatable bonds is 4. The topological polar surface area (TPSA) is 63.2 Å². The van der Waals surface area contributed by atoms with Gasteiger partial charge >= 0.3 is 0 Å². The quantitative estimate of drug-likeness (QED) is 0.919. The lowest BCUT2D eigenvalue weighted by molar-refractivity contribution is -0.113. The molecule has 4 nitrogen and oxygen atoms in total. The number of sulfone groups is 1. The van der Waals surface area contributed by atoms with Gasteiger partial charge in [0.05, 0.1) is 17.3 Å². The van der Waals surface area contributed by atoms with E-state index < -0.39 is 9.84 Å². The molecule has 20 heavy (non-hydrogen) atoms. The molecule has 1 N–H and O–H groups in total. The highest BCUT2D eigenvalue weighted by Crippen LogP contribution is 2.25. The Hall–Kier alpha value is -0.720. The molecule has 1 saturated heterocycles.